The van der Waals surface area contributed by atoms with E-state index < -0.39 is 5.54 Å². The molecule has 1 heterocycles. The third-order valence-electron chi connectivity index (χ3n) is 3.36. The zero-order valence-electron chi connectivity index (χ0n) is 13.1. The van der Waals surface area contributed by atoms with Crippen molar-refractivity contribution in [2.75, 3.05) is 7.11 Å². The molecule has 20 heavy (non-hydrogen) atoms. The molecule has 1 atom stereocenters. The summed E-state index contributed by atoms with van der Waals surface area (Å²) in [5.41, 5.74) is 1.32. The minimum Gasteiger partial charge on any atom is -0.468 e. The van der Waals surface area contributed by atoms with Gasteiger partial charge < -0.3 is 4.74 Å². The van der Waals surface area contributed by atoms with Crippen LogP contribution in [0.15, 0.2) is 4.47 Å². The van der Waals surface area contributed by atoms with Crippen molar-refractivity contribution in [2.24, 2.45) is 0 Å². The number of methoxy groups -OCH3 is 1. The summed E-state index contributed by atoms with van der Waals surface area (Å²) in [6.45, 7) is 10.5. The third-order valence-corrected chi connectivity index (χ3v) is 4.51. The molecular weight excluding hydrogens is 322 g/mol. The van der Waals surface area contributed by atoms with Crippen LogP contribution in [0.3, 0.4) is 0 Å². The maximum absolute atomic E-state index is 12.0. The van der Waals surface area contributed by atoms with E-state index in [4.69, 9.17) is 4.74 Å². The lowest BCUT2D eigenvalue weighted by molar-refractivity contribution is -0.148. The third kappa shape index (κ3) is 3.82. The number of nitrogens with one attached hydrogen (secondary N) is 1. The zero-order valence-corrected chi connectivity index (χ0v) is 14.7. The second kappa shape index (κ2) is 6.72. The maximum atomic E-state index is 12.0. The number of esters is 1. The number of carbonyl (C=O) groups is 1. The lowest BCUT2D eigenvalue weighted by atomic mass is 9.96. The molecule has 0 spiro atoms. The summed E-state index contributed by atoms with van der Waals surface area (Å²) in [5.74, 6) is -0.244. The lowest BCUT2D eigenvalue weighted by Gasteiger charge is -2.30. The Hall–Kier alpha value is -0.880. The van der Waals surface area contributed by atoms with Crippen LogP contribution in [0, 0.1) is 13.8 Å². The van der Waals surface area contributed by atoms with E-state index >= 15 is 0 Å². The summed E-state index contributed by atoms with van der Waals surface area (Å²) in [7, 11) is 1.42. The molecule has 1 aromatic heterocycles. The molecule has 0 aliphatic carbocycles. The minimum atomic E-state index is -0.707. The van der Waals surface area contributed by atoms with Crippen LogP contribution in [0.2, 0.25) is 0 Å². The molecule has 0 fully saturated rings. The van der Waals surface area contributed by atoms with Crippen molar-refractivity contribution >= 4 is 21.9 Å². The van der Waals surface area contributed by atoms with Crippen molar-refractivity contribution < 1.29 is 9.53 Å². The molecule has 0 saturated heterocycles. The minimum absolute atomic E-state index is 0.200. The average molecular weight is 346 g/mol. The van der Waals surface area contributed by atoms with Crippen molar-refractivity contribution in [3.05, 3.63) is 15.9 Å². The second-order valence-corrected chi connectivity index (χ2v) is 6.37. The predicted molar refractivity (Wildman–Crippen MR) is 82.7 cm³/mol. The number of aryl methyl sites for hydroxylation is 2. The van der Waals surface area contributed by atoms with Crippen LogP contribution < -0.4 is 5.32 Å². The number of halogens is 1. The monoisotopic (exact) mass is 345 g/mol. The number of ether oxygens (including phenoxy) is 1. The number of hydrogen-bond acceptors (Lipinski definition) is 4. The standard InChI is InChI=1S/C14H24BrN3O2/c1-9(2)16-14(5,13(19)20-6)7-8-18-11(4)12(15)10(3)17-18/h9,16H,7-8H2,1-6H3. The van der Waals surface area contributed by atoms with Crippen LogP contribution in [-0.4, -0.2) is 34.4 Å². The highest BCUT2D eigenvalue weighted by Crippen LogP contribution is 2.22. The van der Waals surface area contributed by atoms with E-state index in [0.717, 1.165) is 15.9 Å². The normalized spacial score (nSPS) is 14.4. The van der Waals surface area contributed by atoms with Gasteiger partial charge in [-0.05, 0) is 57.0 Å². The Morgan fingerprint density at radius 3 is 2.50 bits per heavy atom. The van der Waals surface area contributed by atoms with E-state index in [0.29, 0.717) is 13.0 Å². The SMILES string of the molecule is COC(=O)C(C)(CCn1nc(C)c(Br)c1C)NC(C)C. The Kier molecular flexibility index (Phi) is 5.77. The molecule has 1 N–H and O–H groups in total. The number of rotatable bonds is 6. The van der Waals surface area contributed by atoms with Gasteiger partial charge in [0.15, 0.2) is 0 Å². The van der Waals surface area contributed by atoms with Gasteiger partial charge in [-0.25, -0.2) is 0 Å². The van der Waals surface area contributed by atoms with E-state index in [9.17, 15) is 4.79 Å². The van der Waals surface area contributed by atoms with Crippen molar-refractivity contribution in [1.82, 2.24) is 15.1 Å². The topological polar surface area (TPSA) is 56.2 Å². The van der Waals surface area contributed by atoms with Gasteiger partial charge in [0.1, 0.15) is 5.54 Å². The number of hydrogen-bond donors (Lipinski definition) is 1. The zero-order chi connectivity index (χ0) is 15.5. The van der Waals surface area contributed by atoms with E-state index in [1.165, 1.54) is 7.11 Å². The Balaban J connectivity index is 2.86. The molecule has 0 saturated carbocycles. The summed E-state index contributed by atoms with van der Waals surface area (Å²) < 4.78 is 7.87. The first-order chi connectivity index (χ1) is 9.21. The van der Waals surface area contributed by atoms with Gasteiger partial charge in [0, 0.05) is 18.3 Å². The largest absolute Gasteiger partial charge is 0.468 e. The van der Waals surface area contributed by atoms with Gasteiger partial charge in [0.25, 0.3) is 0 Å². The molecule has 1 rings (SSSR count). The summed E-state index contributed by atoms with van der Waals surface area (Å²) in [4.78, 5) is 12.0. The van der Waals surface area contributed by atoms with Gasteiger partial charge in [-0.15, -0.1) is 0 Å². The molecule has 0 amide bonds. The van der Waals surface area contributed by atoms with Crippen molar-refractivity contribution in [3.63, 3.8) is 0 Å². The number of nitrogens with zero attached hydrogens (tertiary/aromatic N) is 2. The summed E-state index contributed by atoms with van der Waals surface area (Å²) in [6, 6.07) is 0.200. The van der Waals surface area contributed by atoms with E-state index in [1.807, 2.05) is 39.3 Å². The van der Waals surface area contributed by atoms with E-state index in [1.54, 1.807) is 0 Å². The van der Waals surface area contributed by atoms with Gasteiger partial charge in [-0.3, -0.25) is 14.8 Å². The van der Waals surface area contributed by atoms with Crippen LogP contribution in [0.1, 0.15) is 38.6 Å². The summed E-state index contributed by atoms with van der Waals surface area (Å²) >= 11 is 3.51. The molecule has 0 aromatic carbocycles. The average Bonchev–Trinajstić information content (AvgIpc) is 2.62. The van der Waals surface area contributed by atoms with Gasteiger partial charge in [0.05, 0.1) is 17.3 Å². The van der Waals surface area contributed by atoms with Gasteiger partial charge in [0.2, 0.25) is 0 Å². The van der Waals surface area contributed by atoms with Gasteiger partial charge in [-0.1, -0.05) is 0 Å². The molecule has 1 aromatic rings. The van der Waals surface area contributed by atoms with Crippen LogP contribution in [0.25, 0.3) is 0 Å². The van der Waals surface area contributed by atoms with E-state index in [-0.39, 0.29) is 12.0 Å². The number of aromatic nitrogens is 2. The maximum Gasteiger partial charge on any atom is 0.325 e. The van der Waals surface area contributed by atoms with Gasteiger partial charge in [-0.2, -0.15) is 5.10 Å². The molecule has 0 aliphatic rings. The molecule has 1 unspecified atom stereocenters. The Bertz CT molecular complexity index is 485. The first-order valence-corrected chi connectivity index (χ1v) is 7.56. The highest BCUT2D eigenvalue weighted by Gasteiger charge is 2.34. The molecular formula is C14H24BrN3O2. The van der Waals surface area contributed by atoms with Crippen molar-refractivity contribution in [1.29, 1.82) is 0 Å². The molecule has 5 nitrogen and oxygen atoms in total. The first-order valence-electron chi connectivity index (χ1n) is 6.77. The highest BCUT2D eigenvalue weighted by molar-refractivity contribution is 9.10. The highest BCUT2D eigenvalue weighted by atomic mass is 79.9. The molecule has 0 aliphatic heterocycles. The van der Waals surface area contributed by atoms with E-state index in [2.05, 4.69) is 26.3 Å². The molecule has 0 bridgehead atoms. The molecule has 114 valence electrons. The summed E-state index contributed by atoms with van der Waals surface area (Å²) in [5, 5.41) is 7.76. The predicted octanol–water partition coefficient (Wildman–Crippen LogP) is 2.58. The number of carbonyl (C=O) groups excluding carboxylic acids is 1. The van der Waals surface area contributed by atoms with Crippen LogP contribution >= 0.6 is 15.9 Å². The quantitative estimate of drug-likeness (QED) is 0.805. The smallest absolute Gasteiger partial charge is 0.325 e. The van der Waals surface area contributed by atoms with Crippen LogP contribution in [0.5, 0.6) is 0 Å². The fourth-order valence-corrected chi connectivity index (χ4v) is 2.60. The lowest BCUT2D eigenvalue weighted by Crippen LogP contribution is -2.53. The summed E-state index contributed by atoms with van der Waals surface area (Å²) in [6.07, 6.45) is 0.617. The van der Waals surface area contributed by atoms with Gasteiger partial charge >= 0.3 is 5.97 Å². The van der Waals surface area contributed by atoms with Crippen LogP contribution in [-0.2, 0) is 16.1 Å². The fraction of sp³-hybridized carbons (Fsp3) is 0.714. The van der Waals surface area contributed by atoms with Crippen LogP contribution in [0.4, 0.5) is 0 Å². The fourth-order valence-electron chi connectivity index (χ4n) is 2.32. The van der Waals surface area contributed by atoms with Crippen molar-refractivity contribution in [2.45, 2.75) is 59.2 Å². The Morgan fingerprint density at radius 2 is 2.10 bits per heavy atom. The Morgan fingerprint density at radius 1 is 1.50 bits per heavy atom. The molecule has 6 heteroatoms. The molecule has 0 radical (unpaired) electrons. The first kappa shape index (κ1) is 17.2. The van der Waals surface area contributed by atoms with Crippen molar-refractivity contribution in [3.8, 4) is 0 Å². The second-order valence-electron chi connectivity index (χ2n) is 5.58. The Labute approximate surface area is 129 Å².